The van der Waals surface area contributed by atoms with Crippen molar-refractivity contribution in [1.82, 2.24) is 4.90 Å². The van der Waals surface area contributed by atoms with Gasteiger partial charge >= 0.3 is 0 Å². The van der Waals surface area contributed by atoms with E-state index in [0.29, 0.717) is 50.9 Å². The van der Waals surface area contributed by atoms with Crippen LogP contribution in [0.3, 0.4) is 0 Å². The van der Waals surface area contributed by atoms with Crippen molar-refractivity contribution in [2.24, 2.45) is 5.92 Å². The minimum absolute atomic E-state index is 0.116. The quantitative estimate of drug-likeness (QED) is 0.648. The number of hydrogen-bond donors (Lipinski definition) is 0. The standard InChI is InChI=1S/C20H28BrNO5/c1-3-24-17-10-15(16(21)12-18(17)25-4-2)11-19(23)22-7-5-6-14(13-22)20-26-8-9-27-20/h10,12,14,20H,3-9,11,13H2,1-2H3. The number of benzene rings is 1. The summed E-state index contributed by atoms with van der Waals surface area (Å²) in [6, 6.07) is 3.79. The minimum atomic E-state index is -0.164. The lowest BCUT2D eigenvalue weighted by Gasteiger charge is -2.35. The van der Waals surface area contributed by atoms with Crippen LogP contribution < -0.4 is 9.47 Å². The van der Waals surface area contributed by atoms with Crippen LogP contribution in [0.25, 0.3) is 0 Å². The molecule has 1 atom stereocenters. The SMILES string of the molecule is CCOc1cc(Br)c(CC(=O)N2CCCC(C3OCCO3)C2)cc1OCC. The average Bonchev–Trinajstić information content (AvgIpc) is 3.20. The molecule has 2 aliphatic rings. The van der Waals surface area contributed by atoms with Crippen LogP contribution in [0.2, 0.25) is 0 Å². The average molecular weight is 442 g/mol. The van der Waals surface area contributed by atoms with Crippen LogP contribution in [0.15, 0.2) is 16.6 Å². The molecule has 1 aromatic rings. The molecule has 0 saturated carbocycles. The van der Waals surface area contributed by atoms with E-state index >= 15 is 0 Å². The molecular weight excluding hydrogens is 414 g/mol. The first-order valence-corrected chi connectivity index (χ1v) is 10.5. The molecular formula is C20H28BrNO5. The van der Waals surface area contributed by atoms with Crippen molar-refractivity contribution in [2.75, 3.05) is 39.5 Å². The van der Waals surface area contributed by atoms with Gasteiger partial charge < -0.3 is 23.8 Å². The summed E-state index contributed by atoms with van der Waals surface area (Å²) in [5.74, 6) is 1.74. The van der Waals surface area contributed by atoms with Crippen molar-refractivity contribution < 1.29 is 23.7 Å². The van der Waals surface area contributed by atoms with Crippen molar-refractivity contribution in [2.45, 2.75) is 39.4 Å². The Labute approximate surface area is 169 Å². The van der Waals surface area contributed by atoms with E-state index in [1.165, 1.54) is 0 Å². The summed E-state index contributed by atoms with van der Waals surface area (Å²) < 4.78 is 23.5. The van der Waals surface area contributed by atoms with Gasteiger partial charge in [-0.3, -0.25) is 4.79 Å². The Hall–Kier alpha value is -1.31. The first-order valence-electron chi connectivity index (χ1n) is 9.71. The Morgan fingerprint density at radius 1 is 1.19 bits per heavy atom. The molecule has 2 fully saturated rings. The Balaban J connectivity index is 1.68. The third-order valence-corrected chi connectivity index (χ3v) is 5.64. The number of carbonyl (C=O) groups excluding carboxylic acids is 1. The topological polar surface area (TPSA) is 57.2 Å². The van der Waals surface area contributed by atoms with Gasteiger partial charge in [0.05, 0.1) is 32.8 Å². The summed E-state index contributed by atoms with van der Waals surface area (Å²) in [4.78, 5) is 14.8. The molecule has 2 saturated heterocycles. The zero-order chi connectivity index (χ0) is 19.2. The third-order valence-electron chi connectivity index (χ3n) is 4.90. The van der Waals surface area contributed by atoms with Gasteiger partial charge in [0.25, 0.3) is 0 Å². The molecule has 150 valence electrons. The van der Waals surface area contributed by atoms with E-state index in [1.807, 2.05) is 30.9 Å². The molecule has 1 unspecified atom stereocenters. The van der Waals surface area contributed by atoms with E-state index in [0.717, 1.165) is 29.4 Å². The third kappa shape index (κ3) is 5.15. The number of nitrogens with zero attached hydrogens (tertiary/aromatic N) is 1. The summed E-state index contributed by atoms with van der Waals surface area (Å²) in [6.07, 6.45) is 2.18. The molecule has 0 radical (unpaired) electrons. The van der Waals surface area contributed by atoms with Crippen LogP contribution in [0.1, 0.15) is 32.3 Å². The molecule has 0 N–H and O–H groups in total. The molecule has 3 rings (SSSR count). The van der Waals surface area contributed by atoms with Gasteiger partial charge in [-0.1, -0.05) is 15.9 Å². The maximum Gasteiger partial charge on any atom is 0.227 e. The molecule has 7 heteroatoms. The first kappa shape index (κ1) is 20.4. The Morgan fingerprint density at radius 3 is 2.52 bits per heavy atom. The van der Waals surface area contributed by atoms with Gasteiger partial charge in [-0.2, -0.15) is 0 Å². The lowest BCUT2D eigenvalue weighted by atomic mass is 9.96. The largest absolute Gasteiger partial charge is 0.490 e. The van der Waals surface area contributed by atoms with Gasteiger partial charge in [0.2, 0.25) is 5.91 Å². The molecule has 1 amide bonds. The highest BCUT2D eigenvalue weighted by Gasteiger charge is 2.32. The number of carbonyl (C=O) groups is 1. The zero-order valence-electron chi connectivity index (χ0n) is 16.0. The number of ether oxygens (including phenoxy) is 4. The monoisotopic (exact) mass is 441 g/mol. The van der Waals surface area contributed by atoms with E-state index < -0.39 is 0 Å². The van der Waals surface area contributed by atoms with Gasteiger partial charge in [-0.25, -0.2) is 0 Å². The summed E-state index contributed by atoms with van der Waals surface area (Å²) in [5, 5.41) is 0. The fourth-order valence-electron chi connectivity index (χ4n) is 3.63. The highest BCUT2D eigenvalue weighted by molar-refractivity contribution is 9.10. The molecule has 1 aromatic carbocycles. The maximum atomic E-state index is 12.9. The van der Waals surface area contributed by atoms with E-state index in [1.54, 1.807) is 0 Å². The highest BCUT2D eigenvalue weighted by Crippen LogP contribution is 2.34. The number of hydrogen-bond acceptors (Lipinski definition) is 5. The van der Waals surface area contributed by atoms with Crippen molar-refractivity contribution in [3.63, 3.8) is 0 Å². The van der Waals surface area contributed by atoms with Crippen LogP contribution in [-0.2, 0) is 20.7 Å². The Morgan fingerprint density at radius 2 is 1.85 bits per heavy atom. The number of amides is 1. The summed E-state index contributed by atoms with van der Waals surface area (Å²) in [7, 11) is 0. The first-order chi connectivity index (χ1) is 13.1. The molecule has 2 heterocycles. The smallest absolute Gasteiger partial charge is 0.227 e. The molecule has 0 aromatic heterocycles. The van der Waals surface area contributed by atoms with Crippen molar-refractivity contribution in [3.05, 3.63) is 22.2 Å². The van der Waals surface area contributed by atoms with E-state index in [2.05, 4.69) is 15.9 Å². The molecule has 0 bridgehead atoms. The number of piperidine rings is 1. The van der Waals surface area contributed by atoms with Gasteiger partial charge in [-0.05, 0) is 44.4 Å². The zero-order valence-corrected chi connectivity index (χ0v) is 17.6. The predicted molar refractivity (Wildman–Crippen MR) is 105 cm³/mol. The minimum Gasteiger partial charge on any atom is -0.490 e. The molecule has 0 spiro atoms. The van der Waals surface area contributed by atoms with Gasteiger partial charge in [0.15, 0.2) is 17.8 Å². The highest BCUT2D eigenvalue weighted by atomic mass is 79.9. The van der Waals surface area contributed by atoms with Gasteiger partial charge in [0, 0.05) is 23.5 Å². The molecule has 6 nitrogen and oxygen atoms in total. The Kier molecular flexibility index (Phi) is 7.38. The lowest BCUT2D eigenvalue weighted by Crippen LogP contribution is -2.44. The van der Waals surface area contributed by atoms with Crippen LogP contribution in [-0.4, -0.2) is 56.6 Å². The second-order valence-electron chi connectivity index (χ2n) is 6.79. The van der Waals surface area contributed by atoms with Crippen molar-refractivity contribution >= 4 is 21.8 Å². The lowest BCUT2D eigenvalue weighted by molar-refractivity contribution is -0.138. The van der Waals surface area contributed by atoms with Gasteiger partial charge in [0.1, 0.15) is 0 Å². The summed E-state index contributed by atoms with van der Waals surface area (Å²) in [6.45, 7) is 7.75. The number of likely N-dealkylation sites (tertiary alicyclic amines) is 1. The maximum absolute atomic E-state index is 12.9. The van der Waals surface area contributed by atoms with E-state index in [4.69, 9.17) is 18.9 Å². The second-order valence-corrected chi connectivity index (χ2v) is 7.64. The van der Waals surface area contributed by atoms with E-state index in [-0.39, 0.29) is 18.1 Å². The second kappa shape index (κ2) is 9.75. The molecule has 2 aliphatic heterocycles. The van der Waals surface area contributed by atoms with Crippen molar-refractivity contribution in [1.29, 1.82) is 0 Å². The Bertz CT molecular complexity index is 648. The fourth-order valence-corrected chi connectivity index (χ4v) is 4.09. The summed E-state index contributed by atoms with van der Waals surface area (Å²) in [5.41, 5.74) is 0.905. The number of halogens is 1. The molecule has 0 aliphatic carbocycles. The number of rotatable bonds is 7. The van der Waals surface area contributed by atoms with Crippen LogP contribution in [0.4, 0.5) is 0 Å². The van der Waals surface area contributed by atoms with Crippen LogP contribution in [0, 0.1) is 5.92 Å². The van der Waals surface area contributed by atoms with Crippen molar-refractivity contribution in [3.8, 4) is 11.5 Å². The molecule has 27 heavy (non-hydrogen) atoms. The fraction of sp³-hybridized carbons (Fsp3) is 0.650. The van der Waals surface area contributed by atoms with Gasteiger partial charge in [-0.15, -0.1) is 0 Å². The van der Waals surface area contributed by atoms with Crippen LogP contribution in [0.5, 0.6) is 11.5 Å². The van der Waals surface area contributed by atoms with Crippen LogP contribution >= 0.6 is 15.9 Å². The van der Waals surface area contributed by atoms with E-state index in [9.17, 15) is 4.79 Å². The summed E-state index contributed by atoms with van der Waals surface area (Å²) >= 11 is 3.57. The predicted octanol–water partition coefficient (Wildman–Crippen LogP) is 3.40. The normalized spacial score (nSPS) is 20.7.